The van der Waals surface area contributed by atoms with Gasteiger partial charge in [-0.1, -0.05) is 24.9 Å². The Labute approximate surface area is 144 Å². The molecule has 1 heterocycles. The molecule has 130 valence electrons. The molecule has 0 fully saturated rings. The predicted molar refractivity (Wildman–Crippen MR) is 89.5 cm³/mol. The fourth-order valence-electron chi connectivity index (χ4n) is 2.11. The molecule has 0 saturated carbocycles. The number of aromatic nitrogens is 1. The van der Waals surface area contributed by atoms with Gasteiger partial charge in [0.2, 0.25) is 5.88 Å². The van der Waals surface area contributed by atoms with Crippen molar-refractivity contribution in [2.24, 2.45) is 0 Å². The molecular weight excluding hydrogens is 338 g/mol. The highest BCUT2D eigenvalue weighted by molar-refractivity contribution is 6.31. The van der Waals surface area contributed by atoms with Crippen LogP contribution in [0, 0.1) is 11.6 Å². The zero-order chi connectivity index (χ0) is 17.7. The average molecular weight is 357 g/mol. The molecule has 0 aliphatic carbocycles. The second-order valence-electron chi connectivity index (χ2n) is 5.25. The average Bonchev–Trinajstić information content (AvgIpc) is 2.54. The molecule has 2 N–H and O–H groups in total. The number of anilines is 1. The lowest BCUT2D eigenvalue weighted by Gasteiger charge is -2.18. The van der Waals surface area contributed by atoms with Crippen molar-refractivity contribution in [2.75, 3.05) is 12.3 Å². The first kappa shape index (κ1) is 18.3. The molecule has 4 nitrogen and oxygen atoms in total. The van der Waals surface area contributed by atoms with Gasteiger partial charge in [-0.05, 0) is 31.5 Å². The lowest BCUT2D eigenvalue weighted by Crippen LogP contribution is -2.09. The van der Waals surface area contributed by atoms with Crippen LogP contribution in [0.4, 0.5) is 14.6 Å². The number of halogens is 3. The van der Waals surface area contributed by atoms with Crippen molar-refractivity contribution in [3.05, 3.63) is 46.5 Å². The Hall–Kier alpha value is -2.08. The molecular formula is C17H19ClF2N2O2. The smallest absolute Gasteiger partial charge is 0.215 e. The number of nitrogens with zero attached hydrogens (tertiary/aromatic N) is 1. The van der Waals surface area contributed by atoms with Gasteiger partial charge in [-0.2, -0.15) is 4.98 Å². The van der Waals surface area contributed by atoms with Crippen LogP contribution < -0.4 is 15.2 Å². The standard InChI is InChI=1S/C17H19ClF2N2O2/c1-3-4-9-23-14-8-7-13(17(21)22-14)24-10(2)15-11(19)5-6-12(20)16(15)18/h5-8,10H,3-4,9H2,1-2H3,(H2,21,22). The quantitative estimate of drug-likeness (QED) is 0.565. The number of pyridine rings is 1. The van der Waals surface area contributed by atoms with E-state index in [4.69, 9.17) is 26.8 Å². The lowest BCUT2D eigenvalue weighted by atomic mass is 10.1. The third-order valence-corrected chi connectivity index (χ3v) is 3.78. The Morgan fingerprint density at radius 3 is 2.58 bits per heavy atom. The highest BCUT2D eigenvalue weighted by Crippen LogP contribution is 2.33. The number of rotatable bonds is 7. The topological polar surface area (TPSA) is 57.4 Å². The van der Waals surface area contributed by atoms with E-state index in [-0.39, 0.29) is 22.2 Å². The van der Waals surface area contributed by atoms with Crippen LogP contribution in [0.15, 0.2) is 24.3 Å². The lowest BCUT2D eigenvalue weighted by molar-refractivity contribution is 0.220. The predicted octanol–water partition coefficient (Wildman–Crippen LogP) is 4.91. The van der Waals surface area contributed by atoms with Crippen molar-refractivity contribution in [3.63, 3.8) is 0 Å². The highest BCUT2D eigenvalue weighted by atomic mass is 35.5. The van der Waals surface area contributed by atoms with E-state index < -0.39 is 17.7 Å². The molecule has 0 radical (unpaired) electrons. The third-order valence-electron chi connectivity index (χ3n) is 3.40. The first-order valence-corrected chi connectivity index (χ1v) is 8.01. The maximum atomic E-state index is 13.9. The van der Waals surface area contributed by atoms with Gasteiger partial charge in [-0.25, -0.2) is 8.78 Å². The SMILES string of the molecule is CCCCOc1ccc(OC(C)c2c(F)ccc(F)c2Cl)c(N)n1. The van der Waals surface area contributed by atoms with Crippen LogP contribution in [0.25, 0.3) is 0 Å². The van der Waals surface area contributed by atoms with Gasteiger partial charge in [0, 0.05) is 11.6 Å². The molecule has 1 aromatic carbocycles. The zero-order valence-corrected chi connectivity index (χ0v) is 14.2. The Morgan fingerprint density at radius 2 is 1.92 bits per heavy atom. The van der Waals surface area contributed by atoms with Gasteiger partial charge >= 0.3 is 0 Å². The maximum absolute atomic E-state index is 13.9. The molecule has 0 aliphatic heterocycles. The van der Waals surface area contributed by atoms with Crippen molar-refractivity contribution in [2.45, 2.75) is 32.8 Å². The Balaban J connectivity index is 2.15. The van der Waals surface area contributed by atoms with E-state index in [2.05, 4.69) is 11.9 Å². The minimum Gasteiger partial charge on any atom is -0.482 e. The first-order chi connectivity index (χ1) is 11.4. The van der Waals surface area contributed by atoms with Crippen LogP contribution >= 0.6 is 11.6 Å². The summed E-state index contributed by atoms with van der Waals surface area (Å²) in [5.41, 5.74) is 5.77. The molecule has 2 aromatic rings. The summed E-state index contributed by atoms with van der Waals surface area (Å²) in [7, 11) is 0. The number of hydrogen-bond donors (Lipinski definition) is 1. The van der Waals surface area contributed by atoms with E-state index in [1.165, 1.54) is 0 Å². The zero-order valence-electron chi connectivity index (χ0n) is 13.5. The fraction of sp³-hybridized carbons (Fsp3) is 0.353. The molecule has 24 heavy (non-hydrogen) atoms. The normalized spacial score (nSPS) is 12.0. The van der Waals surface area contributed by atoms with E-state index in [0.29, 0.717) is 12.5 Å². The molecule has 0 aliphatic rings. The number of hydrogen-bond acceptors (Lipinski definition) is 4. The molecule has 1 atom stereocenters. The van der Waals surface area contributed by atoms with Crippen LogP contribution in [-0.4, -0.2) is 11.6 Å². The summed E-state index contributed by atoms with van der Waals surface area (Å²) >= 11 is 5.83. The van der Waals surface area contributed by atoms with Gasteiger partial charge in [0.05, 0.1) is 11.6 Å². The monoisotopic (exact) mass is 356 g/mol. The summed E-state index contributed by atoms with van der Waals surface area (Å²) < 4.78 is 38.5. The summed E-state index contributed by atoms with van der Waals surface area (Å²) in [6.07, 6.45) is 1.08. The largest absolute Gasteiger partial charge is 0.482 e. The van der Waals surface area contributed by atoms with Gasteiger partial charge in [-0.3, -0.25) is 0 Å². The Kier molecular flexibility index (Phi) is 6.20. The van der Waals surface area contributed by atoms with E-state index in [1.807, 2.05) is 0 Å². The van der Waals surface area contributed by atoms with Crippen LogP contribution in [0.3, 0.4) is 0 Å². The van der Waals surface area contributed by atoms with Crippen molar-refractivity contribution in [1.29, 1.82) is 0 Å². The van der Waals surface area contributed by atoms with E-state index in [9.17, 15) is 8.78 Å². The Bertz CT molecular complexity index is 713. The molecule has 2 rings (SSSR count). The summed E-state index contributed by atoms with van der Waals surface area (Å²) in [6.45, 7) is 4.15. The minimum absolute atomic E-state index is 0.0701. The third kappa shape index (κ3) is 4.26. The summed E-state index contributed by atoms with van der Waals surface area (Å²) in [6, 6.07) is 5.15. The first-order valence-electron chi connectivity index (χ1n) is 7.63. The number of nitrogen functional groups attached to an aromatic ring is 1. The van der Waals surface area contributed by atoms with Gasteiger partial charge in [0.25, 0.3) is 0 Å². The van der Waals surface area contributed by atoms with Crippen LogP contribution in [-0.2, 0) is 0 Å². The Morgan fingerprint density at radius 1 is 1.21 bits per heavy atom. The van der Waals surface area contributed by atoms with Gasteiger partial charge in [0.15, 0.2) is 11.6 Å². The van der Waals surface area contributed by atoms with Gasteiger partial charge in [-0.15, -0.1) is 0 Å². The number of unbranched alkanes of at least 4 members (excludes halogenated alkanes) is 1. The highest BCUT2D eigenvalue weighted by Gasteiger charge is 2.20. The van der Waals surface area contributed by atoms with Crippen molar-refractivity contribution in [1.82, 2.24) is 4.98 Å². The summed E-state index contributed by atoms with van der Waals surface area (Å²) in [4.78, 5) is 4.08. The maximum Gasteiger partial charge on any atom is 0.215 e. The van der Waals surface area contributed by atoms with Gasteiger partial charge < -0.3 is 15.2 Å². The molecule has 0 amide bonds. The molecule has 1 aromatic heterocycles. The van der Waals surface area contributed by atoms with Crippen LogP contribution in [0.1, 0.15) is 38.4 Å². The van der Waals surface area contributed by atoms with E-state index in [0.717, 1.165) is 25.0 Å². The van der Waals surface area contributed by atoms with E-state index >= 15 is 0 Å². The molecule has 0 saturated heterocycles. The van der Waals surface area contributed by atoms with Crippen LogP contribution in [0.2, 0.25) is 5.02 Å². The molecule has 0 spiro atoms. The second-order valence-corrected chi connectivity index (χ2v) is 5.63. The van der Waals surface area contributed by atoms with Crippen molar-refractivity contribution in [3.8, 4) is 11.6 Å². The molecule has 0 bridgehead atoms. The molecule has 7 heteroatoms. The number of ether oxygens (including phenoxy) is 2. The number of benzene rings is 1. The summed E-state index contributed by atoms with van der Waals surface area (Å²) in [5, 5.41) is -0.312. The van der Waals surface area contributed by atoms with Crippen molar-refractivity contribution < 1.29 is 18.3 Å². The second kappa shape index (κ2) is 8.15. The fourth-order valence-corrected chi connectivity index (χ4v) is 2.42. The van der Waals surface area contributed by atoms with Crippen molar-refractivity contribution >= 4 is 17.4 Å². The number of nitrogens with two attached hydrogens (primary N) is 1. The summed E-state index contributed by atoms with van der Waals surface area (Å²) in [5.74, 6) is -0.640. The minimum atomic E-state index is -0.843. The van der Waals surface area contributed by atoms with Gasteiger partial charge in [0.1, 0.15) is 17.7 Å². The van der Waals surface area contributed by atoms with Crippen LogP contribution in [0.5, 0.6) is 11.6 Å². The molecule has 1 unspecified atom stereocenters. The van der Waals surface area contributed by atoms with E-state index in [1.54, 1.807) is 19.1 Å².